The van der Waals surface area contributed by atoms with E-state index in [4.69, 9.17) is 13.9 Å². The summed E-state index contributed by atoms with van der Waals surface area (Å²) in [4.78, 5) is 38.4. The normalized spacial score (nSPS) is 35.5. The smallest absolute Gasteiger partial charge is 0.331 e. The van der Waals surface area contributed by atoms with Gasteiger partial charge in [-0.15, -0.1) is 0 Å². The summed E-state index contributed by atoms with van der Waals surface area (Å²) >= 11 is 0. The number of allylic oxidation sites excluding steroid dienone is 3. The van der Waals surface area contributed by atoms with E-state index in [0.29, 0.717) is 12.8 Å². The highest BCUT2D eigenvalue weighted by molar-refractivity contribution is 5.97. The van der Waals surface area contributed by atoms with Gasteiger partial charge < -0.3 is 13.9 Å². The Balaban J connectivity index is 1.77. The number of hydrogen-bond acceptors (Lipinski definition) is 6. The molecule has 5 atom stereocenters. The lowest BCUT2D eigenvalue weighted by Crippen LogP contribution is -2.53. The zero-order chi connectivity index (χ0) is 24.2. The first-order valence-electron chi connectivity index (χ1n) is 11.4. The Labute approximate surface area is 194 Å². The highest BCUT2D eigenvalue weighted by Crippen LogP contribution is 2.62. The van der Waals surface area contributed by atoms with Crippen LogP contribution in [0.4, 0.5) is 0 Å². The van der Waals surface area contributed by atoms with Crippen LogP contribution < -0.4 is 0 Å². The van der Waals surface area contributed by atoms with Gasteiger partial charge >= 0.3 is 11.9 Å². The predicted molar refractivity (Wildman–Crippen MR) is 122 cm³/mol. The van der Waals surface area contributed by atoms with E-state index >= 15 is 0 Å². The summed E-state index contributed by atoms with van der Waals surface area (Å²) in [7, 11) is 1.37. The Bertz CT molecular complexity index is 1060. The summed E-state index contributed by atoms with van der Waals surface area (Å²) in [5.74, 6) is -1.28. The second kappa shape index (κ2) is 7.86. The molecule has 0 N–H and O–H groups in total. The molecule has 1 aliphatic heterocycles. The largest absolute Gasteiger partial charge is 0.472 e. The molecule has 33 heavy (non-hydrogen) atoms. The van der Waals surface area contributed by atoms with Gasteiger partial charge in [0.2, 0.25) is 0 Å². The summed E-state index contributed by atoms with van der Waals surface area (Å²) in [6, 6.07) is 1.81. The standard InChI is InChI=1S/C27H32O6/c1-16-18(27(5)20(14-22(29)31-6)25(2,3)10-8-21(27)28)7-11-26(4)19(16)13-23(30)33-24(26)17-9-12-32-15-17/h8-10,12-13,15,18,20,24H,1,7,11,14H2,2-6H3. The van der Waals surface area contributed by atoms with Crippen LogP contribution in [0.25, 0.3) is 0 Å². The van der Waals surface area contributed by atoms with Gasteiger partial charge in [0, 0.05) is 22.5 Å². The van der Waals surface area contributed by atoms with E-state index in [1.165, 1.54) is 13.2 Å². The van der Waals surface area contributed by atoms with Gasteiger partial charge in [-0.25, -0.2) is 4.79 Å². The van der Waals surface area contributed by atoms with E-state index in [9.17, 15) is 14.4 Å². The van der Waals surface area contributed by atoms with Crippen LogP contribution in [-0.4, -0.2) is 24.8 Å². The molecule has 6 heteroatoms. The Kier molecular flexibility index (Phi) is 5.54. The Morgan fingerprint density at radius 2 is 1.97 bits per heavy atom. The maximum atomic E-state index is 13.5. The van der Waals surface area contributed by atoms with Crippen LogP contribution in [0.2, 0.25) is 0 Å². The van der Waals surface area contributed by atoms with Gasteiger partial charge in [0.15, 0.2) is 5.78 Å². The molecule has 0 radical (unpaired) electrons. The third-order valence-corrected chi connectivity index (χ3v) is 8.39. The van der Waals surface area contributed by atoms with Crippen LogP contribution in [0.1, 0.15) is 58.6 Å². The van der Waals surface area contributed by atoms with Crippen LogP contribution in [-0.2, 0) is 23.9 Å². The van der Waals surface area contributed by atoms with Crippen molar-refractivity contribution in [2.24, 2.45) is 28.1 Å². The van der Waals surface area contributed by atoms with Gasteiger partial charge in [0.05, 0.1) is 26.1 Å². The fourth-order valence-electron chi connectivity index (χ4n) is 6.43. The highest BCUT2D eigenvalue weighted by atomic mass is 16.5. The van der Waals surface area contributed by atoms with E-state index in [1.807, 2.05) is 32.9 Å². The van der Waals surface area contributed by atoms with E-state index < -0.39 is 28.3 Å². The van der Waals surface area contributed by atoms with Gasteiger partial charge in [-0.3, -0.25) is 9.59 Å². The van der Waals surface area contributed by atoms with Crippen molar-refractivity contribution in [2.75, 3.05) is 7.11 Å². The van der Waals surface area contributed by atoms with Gasteiger partial charge in [-0.05, 0) is 53.4 Å². The molecule has 0 bridgehead atoms. The number of ether oxygens (including phenoxy) is 2. The fraction of sp³-hybridized carbons (Fsp3) is 0.519. The first-order valence-corrected chi connectivity index (χ1v) is 11.4. The van der Waals surface area contributed by atoms with Crippen molar-refractivity contribution in [2.45, 2.75) is 53.1 Å². The van der Waals surface area contributed by atoms with Crippen molar-refractivity contribution >= 4 is 17.7 Å². The van der Waals surface area contributed by atoms with E-state index in [0.717, 1.165) is 16.7 Å². The van der Waals surface area contributed by atoms with E-state index in [1.54, 1.807) is 18.6 Å². The maximum Gasteiger partial charge on any atom is 0.331 e. The van der Waals surface area contributed by atoms with Crippen molar-refractivity contribution in [3.05, 3.63) is 60.1 Å². The zero-order valence-electron chi connectivity index (χ0n) is 20.0. The number of furan rings is 1. The molecule has 6 nitrogen and oxygen atoms in total. The number of methoxy groups -OCH3 is 1. The predicted octanol–water partition coefficient (Wildman–Crippen LogP) is 5.13. The van der Waals surface area contributed by atoms with Crippen LogP contribution in [0.15, 0.2) is 59.0 Å². The summed E-state index contributed by atoms with van der Waals surface area (Å²) in [5, 5.41) is 0. The molecular weight excluding hydrogens is 420 g/mol. The lowest BCUT2D eigenvalue weighted by Gasteiger charge is -2.55. The average molecular weight is 453 g/mol. The second-order valence-corrected chi connectivity index (χ2v) is 10.6. The average Bonchev–Trinajstić information content (AvgIpc) is 3.29. The fourth-order valence-corrected chi connectivity index (χ4v) is 6.43. The third-order valence-electron chi connectivity index (χ3n) is 8.39. The molecule has 1 aromatic heterocycles. The van der Waals surface area contributed by atoms with Crippen molar-refractivity contribution in [1.29, 1.82) is 0 Å². The SMILES string of the molecule is C=C1C2=CC(=O)OC(c3ccoc3)C2(C)CCC1C1(C)C(=O)C=CC(C)(C)C1CC(=O)OC. The van der Waals surface area contributed by atoms with E-state index in [-0.39, 0.29) is 30.0 Å². The Morgan fingerprint density at radius 1 is 1.24 bits per heavy atom. The van der Waals surface area contributed by atoms with Crippen molar-refractivity contribution in [1.82, 2.24) is 0 Å². The van der Waals surface area contributed by atoms with Gasteiger partial charge in [-0.2, -0.15) is 0 Å². The highest BCUT2D eigenvalue weighted by Gasteiger charge is 2.59. The molecule has 176 valence electrons. The summed E-state index contributed by atoms with van der Waals surface area (Å²) < 4.78 is 16.0. The molecule has 0 spiro atoms. The summed E-state index contributed by atoms with van der Waals surface area (Å²) in [6.07, 6.45) is 9.27. The van der Waals surface area contributed by atoms with Crippen molar-refractivity contribution in [3.8, 4) is 0 Å². The molecule has 3 aliphatic rings. The number of carbonyl (C=O) groups excluding carboxylic acids is 3. The number of ketones is 1. The molecule has 5 unspecified atom stereocenters. The van der Waals surface area contributed by atoms with E-state index in [2.05, 4.69) is 13.5 Å². The molecule has 4 rings (SSSR count). The number of carbonyl (C=O) groups is 3. The zero-order valence-corrected chi connectivity index (χ0v) is 20.0. The molecule has 1 fully saturated rings. The van der Waals surface area contributed by atoms with Crippen molar-refractivity contribution < 1.29 is 28.3 Å². The first kappa shape index (κ1) is 23.3. The minimum absolute atomic E-state index is 0.0177. The third kappa shape index (κ3) is 3.51. The number of rotatable bonds is 4. The van der Waals surface area contributed by atoms with Gasteiger partial charge in [0.1, 0.15) is 6.10 Å². The van der Waals surface area contributed by atoms with Crippen molar-refractivity contribution in [3.63, 3.8) is 0 Å². The molecule has 1 saturated carbocycles. The molecule has 0 saturated heterocycles. The number of fused-ring (bicyclic) bond motifs is 1. The number of cyclic esters (lactones) is 1. The van der Waals surface area contributed by atoms with Crippen LogP contribution in [0.3, 0.4) is 0 Å². The lowest BCUT2D eigenvalue weighted by atomic mass is 9.48. The Morgan fingerprint density at radius 3 is 2.61 bits per heavy atom. The molecule has 1 aromatic rings. The van der Waals surface area contributed by atoms with Gasteiger partial charge in [-0.1, -0.05) is 40.3 Å². The summed E-state index contributed by atoms with van der Waals surface area (Å²) in [5.41, 5.74) is 0.651. The Hall–Kier alpha value is -2.89. The molecule has 2 aliphatic carbocycles. The minimum atomic E-state index is -0.863. The first-order chi connectivity index (χ1) is 15.4. The van der Waals surface area contributed by atoms with Crippen LogP contribution in [0.5, 0.6) is 0 Å². The molecule has 0 aromatic carbocycles. The number of hydrogen-bond donors (Lipinski definition) is 0. The quantitative estimate of drug-likeness (QED) is 0.589. The molecular formula is C27H32O6. The summed E-state index contributed by atoms with van der Waals surface area (Å²) in [6.45, 7) is 12.5. The molecule has 0 amide bonds. The number of esters is 2. The van der Waals surface area contributed by atoms with Crippen LogP contribution in [0, 0.1) is 28.1 Å². The second-order valence-electron chi connectivity index (χ2n) is 10.6. The van der Waals surface area contributed by atoms with Crippen LogP contribution >= 0.6 is 0 Å². The lowest BCUT2D eigenvalue weighted by molar-refractivity contribution is -0.153. The monoisotopic (exact) mass is 452 g/mol. The molecule has 2 heterocycles. The maximum absolute atomic E-state index is 13.5. The topological polar surface area (TPSA) is 82.8 Å². The minimum Gasteiger partial charge on any atom is -0.472 e. The van der Waals surface area contributed by atoms with Gasteiger partial charge in [0.25, 0.3) is 0 Å².